The van der Waals surface area contributed by atoms with Crippen LogP contribution in [0, 0.1) is 13.8 Å². The third-order valence-electron chi connectivity index (χ3n) is 2.72. The molecule has 0 atom stereocenters. The fourth-order valence-corrected chi connectivity index (χ4v) is 3.22. The Balaban J connectivity index is 2.32. The summed E-state index contributed by atoms with van der Waals surface area (Å²) in [4.78, 5) is 1.29. The Bertz CT molecular complexity index is 501. The second kappa shape index (κ2) is 4.69. The van der Waals surface area contributed by atoms with Crippen LogP contribution < -0.4 is 5.73 Å². The third-order valence-corrected chi connectivity index (χ3v) is 4.63. The summed E-state index contributed by atoms with van der Waals surface area (Å²) in [6, 6.07) is 2.07. The van der Waals surface area contributed by atoms with Crippen molar-refractivity contribution in [2.75, 3.05) is 0 Å². The SMILES string of the molecule is Cc1nn(Cc2sccc2Br)c(C)c1CN. The van der Waals surface area contributed by atoms with Crippen molar-refractivity contribution in [3.63, 3.8) is 0 Å². The van der Waals surface area contributed by atoms with E-state index < -0.39 is 0 Å². The van der Waals surface area contributed by atoms with Crippen molar-refractivity contribution in [2.45, 2.75) is 26.9 Å². The fourth-order valence-electron chi connectivity index (χ4n) is 1.76. The summed E-state index contributed by atoms with van der Waals surface area (Å²) >= 11 is 5.27. The van der Waals surface area contributed by atoms with Crippen molar-refractivity contribution >= 4 is 27.3 Å². The zero-order valence-corrected chi connectivity index (χ0v) is 11.7. The summed E-state index contributed by atoms with van der Waals surface area (Å²) in [6.07, 6.45) is 0. The molecule has 0 aliphatic heterocycles. The predicted octanol–water partition coefficient (Wildman–Crippen LogP) is 2.83. The van der Waals surface area contributed by atoms with Crippen LogP contribution in [0.1, 0.15) is 21.8 Å². The number of hydrogen-bond donors (Lipinski definition) is 1. The molecular formula is C11H14BrN3S. The summed E-state index contributed by atoms with van der Waals surface area (Å²) in [7, 11) is 0. The smallest absolute Gasteiger partial charge is 0.0766 e. The topological polar surface area (TPSA) is 43.8 Å². The van der Waals surface area contributed by atoms with E-state index >= 15 is 0 Å². The first kappa shape index (κ1) is 11.8. The van der Waals surface area contributed by atoms with Crippen LogP contribution in [0.2, 0.25) is 0 Å². The maximum absolute atomic E-state index is 5.71. The van der Waals surface area contributed by atoms with E-state index in [9.17, 15) is 0 Å². The molecule has 3 nitrogen and oxygen atoms in total. The molecule has 2 N–H and O–H groups in total. The van der Waals surface area contributed by atoms with Gasteiger partial charge in [0, 0.05) is 27.2 Å². The van der Waals surface area contributed by atoms with Gasteiger partial charge in [-0.25, -0.2) is 0 Å². The van der Waals surface area contributed by atoms with Gasteiger partial charge in [-0.3, -0.25) is 4.68 Å². The van der Waals surface area contributed by atoms with Gasteiger partial charge >= 0.3 is 0 Å². The van der Waals surface area contributed by atoms with E-state index in [0.29, 0.717) is 6.54 Å². The van der Waals surface area contributed by atoms with Crippen molar-refractivity contribution in [1.29, 1.82) is 0 Å². The summed E-state index contributed by atoms with van der Waals surface area (Å²) in [6.45, 7) is 5.45. The van der Waals surface area contributed by atoms with E-state index in [-0.39, 0.29) is 0 Å². The van der Waals surface area contributed by atoms with Gasteiger partial charge in [-0.2, -0.15) is 5.10 Å². The number of aryl methyl sites for hydroxylation is 1. The Morgan fingerprint density at radius 1 is 1.50 bits per heavy atom. The maximum atomic E-state index is 5.71. The van der Waals surface area contributed by atoms with E-state index in [4.69, 9.17) is 5.73 Å². The average Bonchev–Trinajstić information content (AvgIpc) is 2.74. The second-order valence-corrected chi connectivity index (χ2v) is 5.56. The monoisotopic (exact) mass is 299 g/mol. The Kier molecular flexibility index (Phi) is 3.47. The molecule has 0 amide bonds. The van der Waals surface area contributed by atoms with Gasteiger partial charge in [0.25, 0.3) is 0 Å². The lowest BCUT2D eigenvalue weighted by Crippen LogP contribution is -2.04. The molecule has 2 aromatic rings. The number of nitrogens with zero attached hydrogens (tertiary/aromatic N) is 2. The standard InChI is InChI=1S/C11H14BrN3S/c1-7-9(5-13)8(2)15(14-7)6-11-10(12)3-4-16-11/h3-4H,5-6,13H2,1-2H3. The molecule has 5 heteroatoms. The van der Waals surface area contributed by atoms with Crippen LogP contribution in [-0.4, -0.2) is 9.78 Å². The average molecular weight is 300 g/mol. The number of aromatic nitrogens is 2. The van der Waals surface area contributed by atoms with Crippen LogP contribution in [0.3, 0.4) is 0 Å². The zero-order chi connectivity index (χ0) is 11.7. The molecule has 0 aliphatic rings. The molecule has 0 bridgehead atoms. The lowest BCUT2D eigenvalue weighted by molar-refractivity contribution is 0.663. The highest BCUT2D eigenvalue weighted by atomic mass is 79.9. The molecule has 0 saturated carbocycles. The highest BCUT2D eigenvalue weighted by Crippen LogP contribution is 2.24. The van der Waals surface area contributed by atoms with Crippen LogP contribution in [-0.2, 0) is 13.1 Å². The maximum Gasteiger partial charge on any atom is 0.0766 e. The van der Waals surface area contributed by atoms with Gasteiger partial charge in [0.2, 0.25) is 0 Å². The first-order valence-electron chi connectivity index (χ1n) is 5.08. The predicted molar refractivity (Wildman–Crippen MR) is 70.7 cm³/mol. The normalized spacial score (nSPS) is 11.0. The van der Waals surface area contributed by atoms with E-state index in [1.165, 1.54) is 10.6 Å². The first-order valence-corrected chi connectivity index (χ1v) is 6.75. The van der Waals surface area contributed by atoms with E-state index in [0.717, 1.165) is 22.3 Å². The molecule has 2 rings (SSSR count). The van der Waals surface area contributed by atoms with Gasteiger partial charge < -0.3 is 5.73 Å². The summed E-state index contributed by atoms with van der Waals surface area (Å²) < 4.78 is 3.17. The van der Waals surface area contributed by atoms with Gasteiger partial charge in [0.1, 0.15) is 0 Å². The fraction of sp³-hybridized carbons (Fsp3) is 0.364. The van der Waals surface area contributed by atoms with E-state index in [1.807, 2.05) is 11.6 Å². The van der Waals surface area contributed by atoms with Gasteiger partial charge in [0.15, 0.2) is 0 Å². The van der Waals surface area contributed by atoms with E-state index in [1.54, 1.807) is 11.3 Å². The number of hydrogen-bond acceptors (Lipinski definition) is 3. The summed E-state index contributed by atoms with van der Waals surface area (Å²) in [5, 5.41) is 6.60. The minimum Gasteiger partial charge on any atom is -0.326 e. The van der Waals surface area contributed by atoms with Crippen LogP contribution in [0.4, 0.5) is 0 Å². The summed E-state index contributed by atoms with van der Waals surface area (Å²) in [5.41, 5.74) is 9.07. The highest BCUT2D eigenvalue weighted by Gasteiger charge is 2.11. The van der Waals surface area contributed by atoms with Gasteiger partial charge in [0.05, 0.1) is 12.2 Å². The lowest BCUT2D eigenvalue weighted by Gasteiger charge is -2.03. The molecule has 0 spiro atoms. The Morgan fingerprint density at radius 2 is 2.25 bits per heavy atom. The largest absolute Gasteiger partial charge is 0.326 e. The number of rotatable bonds is 3. The van der Waals surface area contributed by atoms with Crippen molar-refractivity contribution in [1.82, 2.24) is 9.78 Å². The molecular weight excluding hydrogens is 286 g/mol. The second-order valence-electron chi connectivity index (χ2n) is 3.70. The van der Waals surface area contributed by atoms with Crippen molar-refractivity contribution in [2.24, 2.45) is 5.73 Å². The highest BCUT2D eigenvalue weighted by molar-refractivity contribution is 9.10. The lowest BCUT2D eigenvalue weighted by atomic mass is 10.2. The Hall–Kier alpha value is -0.650. The molecule has 0 saturated heterocycles. The molecule has 0 fully saturated rings. The zero-order valence-electron chi connectivity index (χ0n) is 9.33. The molecule has 0 aliphatic carbocycles. The molecule has 2 heterocycles. The van der Waals surface area contributed by atoms with Crippen molar-refractivity contribution < 1.29 is 0 Å². The summed E-state index contributed by atoms with van der Waals surface area (Å²) in [5.74, 6) is 0. The van der Waals surface area contributed by atoms with Gasteiger partial charge in [-0.15, -0.1) is 11.3 Å². The molecule has 16 heavy (non-hydrogen) atoms. The van der Waals surface area contributed by atoms with Crippen LogP contribution >= 0.6 is 27.3 Å². The van der Waals surface area contributed by atoms with Gasteiger partial charge in [-0.1, -0.05) is 0 Å². The number of nitrogens with two attached hydrogens (primary N) is 1. The Morgan fingerprint density at radius 3 is 2.75 bits per heavy atom. The van der Waals surface area contributed by atoms with Crippen molar-refractivity contribution in [3.05, 3.63) is 37.7 Å². The molecule has 0 aromatic carbocycles. The number of thiophene rings is 1. The van der Waals surface area contributed by atoms with Gasteiger partial charge in [-0.05, 0) is 41.2 Å². The van der Waals surface area contributed by atoms with E-state index in [2.05, 4.69) is 39.4 Å². The first-order chi connectivity index (χ1) is 7.63. The quantitative estimate of drug-likeness (QED) is 0.947. The third kappa shape index (κ3) is 2.07. The molecule has 86 valence electrons. The molecule has 0 unspecified atom stereocenters. The minimum absolute atomic E-state index is 0.559. The van der Waals surface area contributed by atoms with Crippen LogP contribution in [0.15, 0.2) is 15.9 Å². The molecule has 0 radical (unpaired) electrons. The Labute approximate surface area is 107 Å². The minimum atomic E-state index is 0.559. The van der Waals surface area contributed by atoms with Crippen LogP contribution in [0.25, 0.3) is 0 Å². The number of halogens is 1. The van der Waals surface area contributed by atoms with Crippen molar-refractivity contribution in [3.8, 4) is 0 Å². The van der Waals surface area contributed by atoms with Crippen LogP contribution in [0.5, 0.6) is 0 Å². The molecule has 2 aromatic heterocycles.